The molecule has 0 unspecified atom stereocenters. The van der Waals surface area contributed by atoms with Crippen LogP contribution in [0, 0.1) is 5.82 Å². The topological polar surface area (TPSA) is 67.4 Å². The first-order valence-electron chi connectivity index (χ1n) is 9.77. The van der Waals surface area contributed by atoms with Crippen LogP contribution in [0.2, 0.25) is 0 Å². The van der Waals surface area contributed by atoms with Gasteiger partial charge in [0.15, 0.2) is 0 Å². The highest BCUT2D eigenvalue weighted by Crippen LogP contribution is 2.32. The van der Waals surface area contributed by atoms with Crippen molar-refractivity contribution in [3.63, 3.8) is 0 Å². The first-order chi connectivity index (χ1) is 13.6. The predicted octanol–water partition coefficient (Wildman–Crippen LogP) is 4.24. The van der Waals surface area contributed by atoms with Gasteiger partial charge in [0.1, 0.15) is 11.4 Å². The van der Waals surface area contributed by atoms with Gasteiger partial charge in [0.25, 0.3) is 0 Å². The predicted molar refractivity (Wildman–Crippen MR) is 109 cm³/mol. The summed E-state index contributed by atoms with van der Waals surface area (Å²) in [5.41, 5.74) is 2.17. The molecular weight excluding hydrogens is 371 g/mol. The Morgan fingerprint density at radius 1 is 1.07 bits per heavy atom. The molecule has 29 heavy (non-hydrogen) atoms. The summed E-state index contributed by atoms with van der Waals surface area (Å²) in [6.07, 6.45) is 0.0865. The molecule has 0 radical (unpaired) electrons. The number of alkyl carbamates (subject to hydrolysis) is 1. The van der Waals surface area contributed by atoms with E-state index >= 15 is 0 Å². The summed E-state index contributed by atoms with van der Waals surface area (Å²) in [5.74, 6) is -0.957. The molecule has 0 saturated heterocycles. The number of carbonyl (C=O) groups is 2. The number of benzene rings is 2. The van der Waals surface area contributed by atoms with Crippen molar-refractivity contribution in [2.75, 3.05) is 0 Å². The summed E-state index contributed by atoms with van der Waals surface area (Å²) < 4.78 is 18.6. The van der Waals surface area contributed by atoms with Gasteiger partial charge < -0.3 is 15.4 Å². The van der Waals surface area contributed by atoms with E-state index in [-0.39, 0.29) is 23.8 Å². The molecule has 154 valence electrons. The molecule has 0 aromatic heterocycles. The van der Waals surface area contributed by atoms with Crippen LogP contribution >= 0.6 is 0 Å². The van der Waals surface area contributed by atoms with Gasteiger partial charge in [0.2, 0.25) is 5.91 Å². The minimum Gasteiger partial charge on any atom is -0.444 e. The second-order valence-electron chi connectivity index (χ2n) is 8.42. The molecule has 0 spiro atoms. The Bertz CT molecular complexity index is 890. The van der Waals surface area contributed by atoms with E-state index < -0.39 is 17.6 Å². The Morgan fingerprint density at radius 2 is 1.72 bits per heavy atom. The van der Waals surface area contributed by atoms with Crippen molar-refractivity contribution in [2.45, 2.75) is 57.7 Å². The van der Waals surface area contributed by atoms with Crippen LogP contribution in [0.3, 0.4) is 0 Å². The Morgan fingerprint density at radius 3 is 2.38 bits per heavy atom. The molecule has 6 heteroatoms. The first-order valence-corrected chi connectivity index (χ1v) is 9.77. The maximum absolute atomic E-state index is 13.2. The lowest BCUT2D eigenvalue weighted by molar-refractivity contribution is -0.123. The molecule has 0 fully saturated rings. The number of ether oxygens (including phenoxy) is 1. The van der Waals surface area contributed by atoms with Crippen molar-refractivity contribution >= 4 is 12.0 Å². The molecule has 5 nitrogen and oxygen atoms in total. The largest absolute Gasteiger partial charge is 0.444 e. The molecule has 2 aromatic carbocycles. The van der Waals surface area contributed by atoms with Crippen LogP contribution in [-0.2, 0) is 16.0 Å². The number of hydrogen-bond acceptors (Lipinski definition) is 3. The van der Waals surface area contributed by atoms with Crippen LogP contribution in [-0.4, -0.2) is 23.6 Å². The molecule has 0 bridgehead atoms. The number of rotatable bonds is 4. The summed E-state index contributed by atoms with van der Waals surface area (Å²) in [6.45, 7) is 7.19. The van der Waals surface area contributed by atoms with Gasteiger partial charge in [-0.3, -0.25) is 4.79 Å². The Hall–Kier alpha value is -2.89. The zero-order chi connectivity index (χ0) is 21.2. The molecule has 1 aliphatic carbocycles. The van der Waals surface area contributed by atoms with E-state index in [1.807, 2.05) is 24.3 Å². The molecule has 0 aliphatic heterocycles. The Labute approximate surface area is 170 Å². The van der Waals surface area contributed by atoms with Crippen molar-refractivity contribution in [2.24, 2.45) is 0 Å². The van der Waals surface area contributed by atoms with E-state index in [4.69, 9.17) is 4.74 Å². The second-order valence-corrected chi connectivity index (χ2v) is 8.42. The van der Waals surface area contributed by atoms with Gasteiger partial charge in [-0.2, -0.15) is 0 Å². The van der Waals surface area contributed by atoms with Crippen molar-refractivity contribution in [3.05, 3.63) is 71.0 Å². The second kappa shape index (κ2) is 8.23. The summed E-state index contributed by atoms with van der Waals surface area (Å²) in [7, 11) is 0. The van der Waals surface area contributed by atoms with Gasteiger partial charge in [-0.1, -0.05) is 36.4 Å². The van der Waals surface area contributed by atoms with Gasteiger partial charge in [-0.15, -0.1) is 0 Å². The van der Waals surface area contributed by atoms with Crippen LogP contribution < -0.4 is 10.6 Å². The normalized spacial score (nSPS) is 19.2. The summed E-state index contributed by atoms with van der Waals surface area (Å²) >= 11 is 0. The average Bonchev–Trinajstić information content (AvgIpc) is 2.97. The highest BCUT2D eigenvalue weighted by atomic mass is 19.1. The highest BCUT2D eigenvalue weighted by Gasteiger charge is 2.36. The number of nitrogens with one attached hydrogen (secondary N) is 2. The third-order valence-electron chi connectivity index (χ3n) is 5.00. The van der Waals surface area contributed by atoms with Gasteiger partial charge in [0, 0.05) is 0 Å². The van der Waals surface area contributed by atoms with Crippen LogP contribution in [0.5, 0.6) is 0 Å². The minimum absolute atomic E-state index is 0.176. The maximum Gasteiger partial charge on any atom is 0.408 e. The van der Waals surface area contributed by atoms with E-state index in [0.29, 0.717) is 6.42 Å². The zero-order valence-corrected chi connectivity index (χ0v) is 17.2. The number of halogens is 1. The minimum atomic E-state index is -0.613. The van der Waals surface area contributed by atoms with Crippen molar-refractivity contribution in [1.29, 1.82) is 0 Å². The molecule has 0 saturated carbocycles. The fourth-order valence-electron chi connectivity index (χ4n) is 3.55. The molecule has 2 N–H and O–H groups in total. The number of fused-ring (bicyclic) bond motifs is 1. The van der Waals surface area contributed by atoms with E-state index in [1.165, 1.54) is 12.1 Å². The SMILES string of the molecule is C[C@H](C(=O)N[C@H]1Cc2ccccc2[C@@H]1NC(=O)OC(C)(C)C)c1ccc(F)cc1. The standard InChI is InChI=1S/C23H27FN2O3/c1-14(15-9-11-17(24)12-10-15)21(27)25-19-13-16-7-5-6-8-18(16)20(19)26-22(28)29-23(2,3)4/h5-12,14,19-20H,13H2,1-4H3,(H,25,27)(H,26,28)/t14-,19-,20-/m0/s1. The van der Waals surface area contributed by atoms with Gasteiger partial charge in [-0.25, -0.2) is 9.18 Å². The van der Waals surface area contributed by atoms with Gasteiger partial charge in [-0.05, 0) is 62.9 Å². The third-order valence-corrected chi connectivity index (χ3v) is 5.00. The fourth-order valence-corrected chi connectivity index (χ4v) is 3.55. The quantitative estimate of drug-likeness (QED) is 0.810. The molecule has 3 rings (SSSR count). The van der Waals surface area contributed by atoms with Crippen molar-refractivity contribution in [1.82, 2.24) is 10.6 Å². The number of carbonyl (C=O) groups excluding carboxylic acids is 2. The molecule has 1 aliphatic rings. The van der Waals surface area contributed by atoms with Crippen LogP contribution in [0.1, 0.15) is 56.3 Å². The van der Waals surface area contributed by atoms with Crippen LogP contribution in [0.4, 0.5) is 9.18 Å². The van der Waals surface area contributed by atoms with E-state index in [9.17, 15) is 14.0 Å². The molecule has 3 atom stereocenters. The fraction of sp³-hybridized carbons (Fsp3) is 0.391. The lowest BCUT2D eigenvalue weighted by Gasteiger charge is -2.26. The monoisotopic (exact) mass is 398 g/mol. The smallest absolute Gasteiger partial charge is 0.408 e. The van der Waals surface area contributed by atoms with Crippen LogP contribution in [0.15, 0.2) is 48.5 Å². The summed E-state index contributed by atoms with van der Waals surface area (Å²) in [4.78, 5) is 25.2. The zero-order valence-electron chi connectivity index (χ0n) is 17.2. The number of amides is 2. The van der Waals surface area contributed by atoms with Crippen molar-refractivity contribution < 1.29 is 18.7 Å². The maximum atomic E-state index is 13.2. The average molecular weight is 398 g/mol. The van der Waals surface area contributed by atoms with Gasteiger partial charge >= 0.3 is 6.09 Å². The molecule has 2 aromatic rings. The first kappa shape index (κ1) is 20.8. The Balaban J connectivity index is 1.75. The summed E-state index contributed by atoms with van der Waals surface area (Å²) in [6, 6.07) is 13.0. The summed E-state index contributed by atoms with van der Waals surface area (Å²) in [5, 5.41) is 5.96. The van der Waals surface area contributed by atoms with E-state index in [0.717, 1.165) is 16.7 Å². The molecular formula is C23H27FN2O3. The number of hydrogen-bond donors (Lipinski definition) is 2. The van der Waals surface area contributed by atoms with E-state index in [1.54, 1.807) is 39.8 Å². The lowest BCUT2D eigenvalue weighted by atomic mass is 9.99. The molecule has 2 amide bonds. The van der Waals surface area contributed by atoms with E-state index in [2.05, 4.69) is 10.6 Å². The highest BCUT2D eigenvalue weighted by molar-refractivity contribution is 5.84. The Kier molecular flexibility index (Phi) is 5.91. The third kappa shape index (κ3) is 5.13. The van der Waals surface area contributed by atoms with Gasteiger partial charge in [0.05, 0.1) is 18.0 Å². The van der Waals surface area contributed by atoms with Crippen LogP contribution in [0.25, 0.3) is 0 Å². The molecule has 0 heterocycles. The van der Waals surface area contributed by atoms with Crippen molar-refractivity contribution in [3.8, 4) is 0 Å². The lowest BCUT2D eigenvalue weighted by Crippen LogP contribution is -2.46.